The number of hydrogen-bond acceptors (Lipinski definition) is 5. The Labute approximate surface area is 170 Å². The number of para-hydroxylation sites is 2. The van der Waals surface area contributed by atoms with Crippen molar-refractivity contribution in [3.8, 4) is 0 Å². The molecule has 7 heteroatoms. The number of aromatic amines is 1. The van der Waals surface area contributed by atoms with E-state index in [1.54, 1.807) is 78.9 Å². The number of aromatic nitrogens is 2. The number of nitrogens with zero attached hydrogens (tertiary/aromatic N) is 2. The lowest BCUT2D eigenvalue weighted by Gasteiger charge is -2.08. The van der Waals surface area contributed by atoms with E-state index in [0.717, 1.165) is 0 Å². The van der Waals surface area contributed by atoms with Crippen LogP contribution in [0.2, 0.25) is 5.02 Å². The molecular formula is C22H15ClN4O2. The Balaban J connectivity index is 1.84. The fourth-order valence-electron chi connectivity index (χ4n) is 2.81. The van der Waals surface area contributed by atoms with Gasteiger partial charge in [-0.3, -0.25) is 15.0 Å². The van der Waals surface area contributed by atoms with Crippen molar-refractivity contribution in [1.29, 1.82) is 0 Å². The molecule has 6 nitrogen and oxygen atoms in total. The molecule has 0 bridgehead atoms. The van der Waals surface area contributed by atoms with Crippen LogP contribution in [0, 0.1) is 0 Å². The van der Waals surface area contributed by atoms with Gasteiger partial charge in [-0.25, -0.2) is 4.98 Å². The molecule has 1 aromatic heterocycles. The quantitative estimate of drug-likeness (QED) is 0.296. The Morgan fingerprint density at radius 3 is 2.52 bits per heavy atom. The minimum absolute atomic E-state index is 0.0629. The third kappa shape index (κ3) is 4.07. The molecule has 0 atom stereocenters. The molecule has 29 heavy (non-hydrogen) atoms. The van der Waals surface area contributed by atoms with E-state index in [9.17, 15) is 9.59 Å². The van der Waals surface area contributed by atoms with Gasteiger partial charge in [-0.2, -0.15) is 5.10 Å². The Bertz CT molecular complexity index is 1280. The second-order valence-electron chi connectivity index (χ2n) is 6.21. The Kier molecular flexibility index (Phi) is 5.18. The molecular weight excluding hydrogens is 388 g/mol. The zero-order chi connectivity index (χ0) is 20.2. The number of ketones is 1. The van der Waals surface area contributed by atoms with E-state index in [4.69, 9.17) is 11.6 Å². The molecule has 4 aromatic rings. The van der Waals surface area contributed by atoms with Gasteiger partial charge in [-0.05, 0) is 30.3 Å². The van der Waals surface area contributed by atoms with Gasteiger partial charge >= 0.3 is 0 Å². The highest BCUT2D eigenvalue weighted by Crippen LogP contribution is 2.16. The van der Waals surface area contributed by atoms with Crippen LogP contribution in [-0.2, 0) is 0 Å². The summed E-state index contributed by atoms with van der Waals surface area (Å²) in [5.74, 6) is -0.423. The smallest absolute Gasteiger partial charge is 0.276 e. The van der Waals surface area contributed by atoms with Gasteiger partial charge in [-0.1, -0.05) is 60.1 Å². The van der Waals surface area contributed by atoms with Crippen molar-refractivity contribution in [2.45, 2.75) is 0 Å². The van der Waals surface area contributed by atoms with Crippen LogP contribution in [0.5, 0.6) is 0 Å². The van der Waals surface area contributed by atoms with Gasteiger partial charge in [-0.15, -0.1) is 0 Å². The maximum atomic E-state index is 13.1. The van der Waals surface area contributed by atoms with Crippen molar-refractivity contribution in [3.05, 3.63) is 105 Å². The van der Waals surface area contributed by atoms with E-state index in [1.807, 2.05) is 0 Å². The van der Waals surface area contributed by atoms with Crippen LogP contribution in [0.25, 0.3) is 11.0 Å². The average Bonchev–Trinajstić information content (AvgIpc) is 2.74. The average molecular weight is 403 g/mol. The highest BCUT2D eigenvalue weighted by molar-refractivity contribution is 6.51. The number of benzene rings is 3. The van der Waals surface area contributed by atoms with E-state index in [2.05, 4.69) is 20.5 Å². The number of hydrazone groups is 1. The first-order valence-electron chi connectivity index (χ1n) is 8.80. The monoisotopic (exact) mass is 402 g/mol. The van der Waals surface area contributed by atoms with Crippen molar-refractivity contribution in [2.75, 3.05) is 5.43 Å². The molecule has 1 heterocycles. The van der Waals surface area contributed by atoms with E-state index < -0.39 is 11.3 Å². The number of rotatable bonds is 5. The maximum absolute atomic E-state index is 13.1. The molecule has 0 saturated carbocycles. The number of fused-ring (bicyclic) bond motifs is 1. The number of H-pyrrole nitrogens is 1. The number of carbonyl (C=O) groups is 1. The van der Waals surface area contributed by atoms with Gasteiger partial charge < -0.3 is 4.98 Å². The highest BCUT2D eigenvalue weighted by atomic mass is 35.5. The lowest BCUT2D eigenvalue weighted by atomic mass is 10.0. The summed E-state index contributed by atoms with van der Waals surface area (Å²) in [7, 11) is 0. The number of halogens is 1. The first kappa shape index (κ1) is 18.6. The van der Waals surface area contributed by atoms with Crippen LogP contribution in [0.15, 0.2) is 88.8 Å². The van der Waals surface area contributed by atoms with E-state index >= 15 is 0 Å². The SMILES string of the molecule is O=C(/C(=N\Nc1cccc(Cl)c1)c1nc2ccccc2[nH]c1=O)c1ccccc1. The fourth-order valence-corrected chi connectivity index (χ4v) is 3.00. The molecule has 0 aliphatic rings. The molecule has 0 saturated heterocycles. The van der Waals surface area contributed by atoms with E-state index in [1.165, 1.54) is 0 Å². The van der Waals surface area contributed by atoms with E-state index in [-0.39, 0.29) is 11.4 Å². The topological polar surface area (TPSA) is 87.2 Å². The van der Waals surface area contributed by atoms with Crippen LogP contribution in [0.1, 0.15) is 16.1 Å². The van der Waals surface area contributed by atoms with Gasteiger partial charge in [0, 0.05) is 10.6 Å². The Morgan fingerprint density at radius 2 is 1.72 bits per heavy atom. The number of carbonyl (C=O) groups excluding carboxylic acids is 1. The van der Waals surface area contributed by atoms with Crippen LogP contribution >= 0.6 is 11.6 Å². The zero-order valence-electron chi connectivity index (χ0n) is 15.1. The van der Waals surface area contributed by atoms with Gasteiger partial charge in [0.1, 0.15) is 0 Å². The second-order valence-corrected chi connectivity index (χ2v) is 6.65. The molecule has 0 spiro atoms. The normalized spacial score (nSPS) is 11.4. The first-order chi connectivity index (χ1) is 14.1. The molecule has 142 valence electrons. The van der Waals surface area contributed by atoms with Gasteiger partial charge in [0.25, 0.3) is 5.56 Å². The summed E-state index contributed by atoms with van der Waals surface area (Å²) in [5, 5.41) is 4.74. The summed E-state index contributed by atoms with van der Waals surface area (Å²) in [5.41, 5.74) is 4.25. The molecule has 0 aliphatic heterocycles. The number of anilines is 1. The summed E-state index contributed by atoms with van der Waals surface area (Å²) in [4.78, 5) is 33.0. The predicted octanol–water partition coefficient (Wildman–Crippen LogP) is 4.28. The van der Waals surface area contributed by atoms with Crippen LogP contribution in [0.3, 0.4) is 0 Å². The minimum Gasteiger partial charge on any atom is -0.319 e. The molecule has 0 amide bonds. The summed E-state index contributed by atoms with van der Waals surface area (Å²) in [6, 6.07) is 22.6. The van der Waals surface area contributed by atoms with Crippen LogP contribution in [-0.4, -0.2) is 21.5 Å². The number of Topliss-reactive ketones (excluding diaryl/α,β-unsaturated/α-hetero) is 1. The first-order valence-corrected chi connectivity index (χ1v) is 9.18. The van der Waals surface area contributed by atoms with Crippen LogP contribution in [0.4, 0.5) is 5.69 Å². The van der Waals surface area contributed by atoms with Gasteiger partial charge in [0.2, 0.25) is 5.78 Å². The Hall–Kier alpha value is -3.77. The summed E-state index contributed by atoms with van der Waals surface area (Å²) < 4.78 is 0. The third-order valence-corrected chi connectivity index (χ3v) is 4.43. The number of hydrogen-bond donors (Lipinski definition) is 2. The molecule has 0 aliphatic carbocycles. The van der Waals surface area contributed by atoms with Crippen molar-refractivity contribution in [1.82, 2.24) is 9.97 Å². The predicted molar refractivity (Wildman–Crippen MR) is 115 cm³/mol. The molecule has 2 N–H and O–H groups in total. The third-order valence-electron chi connectivity index (χ3n) is 4.20. The lowest BCUT2D eigenvalue weighted by molar-refractivity contribution is 0.106. The van der Waals surface area contributed by atoms with Gasteiger partial charge in [0.05, 0.1) is 16.7 Å². The largest absolute Gasteiger partial charge is 0.319 e. The summed E-state index contributed by atoms with van der Waals surface area (Å²) >= 11 is 6.00. The molecule has 0 fully saturated rings. The van der Waals surface area contributed by atoms with Crippen molar-refractivity contribution in [2.24, 2.45) is 5.10 Å². The highest BCUT2D eigenvalue weighted by Gasteiger charge is 2.21. The van der Waals surface area contributed by atoms with E-state index in [0.29, 0.717) is 27.3 Å². The van der Waals surface area contributed by atoms with Crippen LogP contribution < -0.4 is 11.0 Å². The van der Waals surface area contributed by atoms with Crippen molar-refractivity contribution < 1.29 is 4.79 Å². The zero-order valence-corrected chi connectivity index (χ0v) is 15.9. The van der Waals surface area contributed by atoms with Crippen molar-refractivity contribution >= 4 is 39.8 Å². The lowest BCUT2D eigenvalue weighted by Crippen LogP contribution is -2.27. The second kappa shape index (κ2) is 8.08. The number of nitrogens with one attached hydrogen (secondary N) is 2. The summed E-state index contributed by atoms with van der Waals surface area (Å²) in [6.07, 6.45) is 0. The standard InChI is InChI=1S/C22H15ClN4O2/c23-15-9-6-10-16(13-15)26-27-19(21(28)14-7-2-1-3-8-14)20-22(29)25-18-12-5-4-11-17(18)24-20/h1-13,26H,(H,25,29)/b27-19-. The van der Waals surface area contributed by atoms with Crippen molar-refractivity contribution in [3.63, 3.8) is 0 Å². The fraction of sp³-hybridized carbons (Fsp3) is 0. The maximum Gasteiger partial charge on any atom is 0.276 e. The minimum atomic E-state index is -0.500. The molecule has 4 rings (SSSR count). The molecule has 0 unspecified atom stereocenters. The molecule has 3 aromatic carbocycles. The van der Waals surface area contributed by atoms with Gasteiger partial charge in [0.15, 0.2) is 11.4 Å². The molecule has 0 radical (unpaired) electrons. The Morgan fingerprint density at radius 1 is 0.966 bits per heavy atom. The summed E-state index contributed by atoms with van der Waals surface area (Å²) in [6.45, 7) is 0.